The Bertz CT molecular complexity index is 1020. The van der Waals surface area contributed by atoms with Gasteiger partial charge in [0.25, 0.3) is 11.8 Å². The van der Waals surface area contributed by atoms with Crippen LogP contribution in [0.4, 0.5) is 5.00 Å². The number of carbonyl (C=O) groups excluding carboxylic acids is 4. The van der Waals surface area contributed by atoms with Crippen LogP contribution in [0.3, 0.4) is 0 Å². The van der Waals surface area contributed by atoms with E-state index in [0.717, 1.165) is 29.7 Å². The molecule has 1 aliphatic carbocycles. The Morgan fingerprint density at radius 1 is 1.06 bits per heavy atom. The van der Waals surface area contributed by atoms with Crippen molar-refractivity contribution in [2.24, 2.45) is 0 Å². The number of benzene rings is 1. The maximum absolute atomic E-state index is 12.4. The highest BCUT2D eigenvalue weighted by Crippen LogP contribution is 2.39. The standard InChI is InChI=1S/C23H24N2O5S/c1-30-23(29)19-16-10-7-11-17(16)31-20(19)24-18(26)12-3-2-6-13-25-21(27)14-8-4-5-9-15(14)22(25)28/h4-5,8-9H,2-3,6-7,10-13H2,1H3,(H,24,26). The normalized spacial score (nSPS) is 14.5. The predicted octanol–water partition coefficient (Wildman–Crippen LogP) is 3.82. The van der Waals surface area contributed by atoms with Gasteiger partial charge in [-0.05, 0) is 49.8 Å². The zero-order chi connectivity index (χ0) is 22.0. The Hall–Kier alpha value is -3.00. The Kier molecular flexibility index (Phi) is 6.18. The molecule has 8 heteroatoms. The first kappa shape index (κ1) is 21.2. The molecular weight excluding hydrogens is 416 g/mol. The molecule has 1 aliphatic heterocycles. The lowest BCUT2D eigenvalue weighted by Gasteiger charge is -2.13. The van der Waals surface area contributed by atoms with Crippen molar-refractivity contribution in [3.8, 4) is 0 Å². The molecule has 7 nitrogen and oxygen atoms in total. The van der Waals surface area contributed by atoms with Crippen molar-refractivity contribution in [2.45, 2.75) is 44.9 Å². The van der Waals surface area contributed by atoms with Crippen molar-refractivity contribution in [2.75, 3.05) is 19.0 Å². The number of anilines is 1. The monoisotopic (exact) mass is 440 g/mol. The highest BCUT2D eigenvalue weighted by Gasteiger charge is 2.34. The quantitative estimate of drug-likeness (QED) is 0.383. The number of carbonyl (C=O) groups is 4. The SMILES string of the molecule is COC(=O)c1c(NC(=O)CCCCCN2C(=O)c3ccccc3C2=O)sc2c1CCC2. The van der Waals surface area contributed by atoms with E-state index in [4.69, 9.17) is 4.74 Å². The number of fused-ring (bicyclic) bond motifs is 2. The second-order valence-corrected chi connectivity index (χ2v) is 8.82. The Morgan fingerprint density at radius 2 is 1.77 bits per heavy atom. The van der Waals surface area contributed by atoms with Crippen LogP contribution < -0.4 is 5.32 Å². The number of aryl methyl sites for hydroxylation is 1. The molecule has 0 saturated heterocycles. The van der Waals surface area contributed by atoms with Crippen LogP contribution in [0.2, 0.25) is 0 Å². The average Bonchev–Trinajstić information content (AvgIpc) is 3.41. The first-order chi connectivity index (χ1) is 15.0. The number of esters is 1. The molecule has 1 aromatic heterocycles. The van der Waals surface area contributed by atoms with Gasteiger partial charge >= 0.3 is 5.97 Å². The van der Waals surface area contributed by atoms with Crippen LogP contribution in [0.25, 0.3) is 0 Å². The highest BCUT2D eigenvalue weighted by atomic mass is 32.1. The number of hydrogen-bond acceptors (Lipinski definition) is 6. The summed E-state index contributed by atoms with van der Waals surface area (Å²) in [7, 11) is 1.35. The summed E-state index contributed by atoms with van der Waals surface area (Å²) in [6, 6.07) is 6.84. The van der Waals surface area contributed by atoms with Crippen molar-refractivity contribution < 1.29 is 23.9 Å². The minimum Gasteiger partial charge on any atom is -0.465 e. The van der Waals surface area contributed by atoms with Gasteiger partial charge in [-0.3, -0.25) is 19.3 Å². The van der Waals surface area contributed by atoms with Crippen LogP contribution in [0.15, 0.2) is 24.3 Å². The number of hydrogen-bond donors (Lipinski definition) is 1. The maximum Gasteiger partial charge on any atom is 0.341 e. The molecule has 0 spiro atoms. The van der Waals surface area contributed by atoms with Gasteiger partial charge in [0.05, 0.1) is 23.8 Å². The number of nitrogens with zero attached hydrogens (tertiary/aromatic N) is 1. The summed E-state index contributed by atoms with van der Waals surface area (Å²) in [5.74, 6) is -1.06. The molecular formula is C23H24N2O5S. The fraction of sp³-hybridized carbons (Fsp3) is 0.391. The van der Waals surface area contributed by atoms with Crippen molar-refractivity contribution >= 4 is 40.0 Å². The summed E-state index contributed by atoms with van der Waals surface area (Å²) in [5, 5.41) is 3.45. The first-order valence-corrected chi connectivity index (χ1v) is 11.3. The van der Waals surface area contributed by atoms with Gasteiger partial charge in [0.15, 0.2) is 0 Å². The lowest BCUT2D eigenvalue weighted by molar-refractivity contribution is -0.116. The fourth-order valence-corrected chi connectivity index (χ4v) is 5.47. The van der Waals surface area contributed by atoms with Crippen LogP contribution in [0, 0.1) is 0 Å². The summed E-state index contributed by atoms with van der Waals surface area (Å²) in [6.07, 6.45) is 5.08. The average molecular weight is 441 g/mol. The van der Waals surface area contributed by atoms with E-state index >= 15 is 0 Å². The van der Waals surface area contributed by atoms with Crippen LogP contribution in [-0.4, -0.2) is 42.2 Å². The lowest BCUT2D eigenvalue weighted by atomic mass is 10.1. The van der Waals surface area contributed by atoms with Crippen molar-refractivity contribution in [1.82, 2.24) is 4.90 Å². The van der Waals surface area contributed by atoms with E-state index in [1.54, 1.807) is 24.3 Å². The largest absolute Gasteiger partial charge is 0.465 e. The Balaban J connectivity index is 1.25. The van der Waals surface area contributed by atoms with Crippen LogP contribution >= 0.6 is 11.3 Å². The van der Waals surface area contributed by atoms with Gasteiger partial charge < -0.3 is 10.1 Å². The summed E-state index contributed by atoms with van der Waals surface area (Å²) < 4.78 is 4.90. The number of thiophene rings is 1. The third-order valence-electron chi connectivity index (χ3n) is 5.73. The number of methoxy groups -OCH3 is 1. The maximum atomic E-state index is 12.4. The van der Waals surface area contributed by atoms with Gasteiger partial charge in [0, 0.05) is 17.8 Å². The molecule has 3 amide bonds. The van der Waals surface area contributed by atoms with Crippen molar-refractivity contribution in [3.05, 3.63) is 51.4 Å². The third kappa shape index (κ3) is 4.12. The number of rotatable bonds is 8. The number of amides is 3. The predicted molar refractivity (Wildman–Crippen MR) is 117 cm³/mol. The van der Waals surface area contributed by atoms with Gasteiger partial charge in [0.1, 0.15) is 5.00 Å². The van der Waals surface area contributed by atoms with E-state index in [-0.39, 0.29) is 17.7 Å². The molecule has 2 aromatic rings. The van der Waals surface area contributed by atoms with E-state index in [9.17, 15) is 19.2 Å². The Labute approximate surface area is 184 Å². The molecule has 0 radical (unpaired) electrons. The topological polar surface area (TPSA) is 92.8 Å². The molecule has 4 rings (SSSR count). The van der Waals surface area contributed by atoms with Gasteiger partial charge in [-0.1, -0.05) is 18.6 Å². The zero-order valence-corrected chi connectivity index (χ0v) is 18.2. The molecule has 1 N–H and O–H groups in total. The Morgan fingerprint density at radius 3 is 2.45 bits per heavy atom. The molecule has 0 bridgehead atoms. The molecule has 2 aliphatic rings. The molecule has 0 unspecified atom stereocenters. The van der Waals surface area contributed by atoms with E-state index in [2.05, 4.69) is 5.32 Å². The number of imide groups is 1. The number of ether oxygens (including phenoxy) is 1. The molecule has 1 aromatic carbocycles. The summed E-state index contributed by atoms with van der Waals surface area (Å²) in [5.41, 5.74) is 2.42. The lowest BCUT2D eigenvalue weighted by Crippen LogP contribution is -2.30. The summed E-state index contributed by atoms with van der Waals surface area (Å²) in [4.78, 5) is 51.7. The van der Waals surface area contributed by atoms with Gasteiger partial charge in [-0.2, -0.15) is 0 Å². The molecule has 31 heavy (non-hydrogen) atoms. The van der Waals surface area contributed by atoms with E-state index in [1.807, 2.05) is 0 Å². The van der Waals surface area contributed by atoms with Crippen molar-refractivity contribution in [3.63, 3.8) is 0 Å². The van der Waals surface area contributed by atoms with Crippen LogP contribution in [0.1, 0.15) is 73.6 Å². The zero-order valence-electron chi connectivity index (χ0n) is 17.4. The highest BCUT2D eigenvalue weighted by molar-refractivity contribution is 7.17. The van der Waals surface area contributed by atoms with E-state index in [0.29, 0.717) is 53.9 Å². The number of unbranched alkanes of at least 4 members (excludes halogenated alkanes) is 2. The van der Waals surface area contributed by atoms with Crippen LogP contribution in [-0.2, 0) is 22.4 Å². The van der Waals surface area contributed by atoms with E-state index < -0.39 is 5.97 Å². The molecule has 0 saturated carbocycles. The number of nitrogens with one attached hydrogen (secondary N) is 1. The molecule has 0 fully saturated rings. The van der Waals surface area contributed by atoms with Gasteiger partial charge in [-0.25, -0.2) is 4.79 Å². The molecule has 0 atom stereocenters. The summed E-state index contributed by atoms with van der Waals surface area (Å²) >= 11 is 1.46. The second-order valence-electron chi connectivity index (χ2n) is 7.72. The minimum atomic E-state index is -0.407. The molecule has 162 valence electrons. The van der Waals surface area contributed by atoms with Gasteiger partial charge in [-0.15, -0.1) is 11.3 Å². The minimum absolute atomic E-state index is 0.147. The molecule has 2 heterocycles. The summed E-state index contributed by atoms with van der Waals surface area (Å²) in [6.45, 7) is 0.345. The fourth-order valence-electron chi connectivity index (χ4n) is 4.17. The van der Waals surface area contributed by atoms with Crippen LogP contribution in [0.5, 0.6) is 0 Å². The third-order valence-corrected chi connectivity index (χ3v) is 6.93. The van der Waals surface area contributed by atoms with Gasteiger partial charge in [0.2, 0.25) is 5.91 Å². The second kappa shape index (κ2) is 9.01. The van der Waals surface area contributed by atoms with Crippen molar-refractivity contribution in [1.29, 1.82) is 0 Å². The van der Waals surface area contributed by atoms with E-state index in [1.165, 1.54) is 23.3 Å². The smallest absolute Gasteiger partial charge is 0.341 e. The first-order valence-electron chi connectivity index (χ1n) is 10.5.